The van der Waals surface area contributed by atoms with Crippen molar-refractivity contribution in [3.05, 3.63) is 56.2 Å². The quantitative estimate of drug-likeness (QED) is 0.214. The number of hydrogen-bond acceptors (Lipinski definition) is 8. The number of pyridine rings is 1. The van der Waals surface area contributed by atoms with Crippen molar-refractivity contribution in [2.75, 3.05) is 7.11 Å². The zero-order valence-electron chi connectivity index (χ0n) is 23.4. The number of hydrogen-bond donors (Lipinski definition) is 1. The molecule has 0 spiro atoms. The Hall–Kier alpha value is -4.02. The van der Waals surface area contributed by atoms with Gasteiger partial charge in [-0.3, -0.25) is 19.2 Å². The predicted molar refractivity (Wildman–Crippen MR) is 157 cm³/mol. The van der Waals surface area contributed by atoms with Gasteiger partial charge in [-0.15, -0.1) is 0 Å². The van der Waals surface area contributed by atoms with Crippen LogP contribution in [0.15, 0.2) is 35.1 Å². The molecule has 0 bridgehead atoms. The molecule has 4 aromatic rings. The van der Waals surface area contributed by atoms with Gasteiger partial charge in [0, 0.05) is 25.4 Å². The first-order valence-electron chi connectivity index (χ1n) is 13.0. The highest BCUT2D eigenvalue weighted by Crippen LogP contribution is 2.49. The van der Waals surface area contributed by atoms with Gasteiger partial charge in [-0.1, -0.05) is 23.2 Å². The summed E-state index contributed by atoms with van der Waals surface area (Å²) in [5, 5.41) is 11.7. The number of carbonyl (C=O) groups excluding carboxylic acids is 2. The summed E-state index contributed by atoms with van der Waals surface area (Å²) in [4.78, 5) is 50.3. The fraction of sp³-hybridized carbons (Fsp3) is 0.333. The Morgan fingerprint density at radius 2 is 1.67 bits per heavy atom. The minimum absolute atomic E-state index is 0.196. The molecule has 10 nitrogen and oxygen atoms in total. The van der Waals surface area contributed by atoms with E-state index in [1.54, 1.807) is 55.8 Å². The van der Waals surface area contributed by atoms with E-state index in [4.69, 9.17) is 47.3 Å². The van der Waals surface area contributed by atoms with Gasteiger partial charge in [0.2, 0.25) is 5.43 Å². The summed E-state index contributed by atoms with van der Waals surface area (Å²) >= 11 is 12.5. The van der Waals surface area contributed by atoms with Crippen molar-refractivity contribution < 1.29 is 38.4 Å². The minimum Gasteiger partial charge on any atom is -0.496 e. The number of aryl methyl sites for hydroxylation is 1. The van der Waals surface area contributed by atoms with Crippen molar-refractivity contribution in [2.24, 2.45) is 7.05 Å². The van der Waals surface area contributed by atoms with E-state index in [0.29, 0.717) is 37.4 Å². The molecular weight excluding hydrogens is 589 g/mol. The van der Waals surface area contributed by atoms with Gasteiger partial charge in [0.1, 0.15) is 17.1 Å². The first kappa shape index (κ1) is 29.5. The molecule has 0 amide bonds. The smallest absolute Gasteiger partial charge is 0.306 e. The monoisotopic (exact) mass is 615 g/mol. The van der Waals surface area contributed by atoms with E-state index in [1.807, 2.05) is 0 Å². The number of fused-ring (bicyclic) bond motifs is 5. The molecule has 3 aromatic carbocycles. The largest absolute Gasteiger partial charge is 0.496 e. The Labute approximate surface area is 249 Å². The summed E-state index contributed by atoms with van der Waals surface area (Å²) in [6.07, 6.45) is -3.23. The Kier molecular flexibility index (Phi) is 7.49. The van der Waals surface area contributed by atoms with Crippen LogP contribution in [0.3, 0.4) is 0 Å². The number of carboxylic acid groups (broad SMARTS) is 1. The van der Waals surface area contributed by atoms with Crippen LogP contribution in [-0.2, 0) is 30.9 Å². The maximum absolute atomic E-state index is 14.1. The van der Waals surface area contributed by atoms with Crippen molar-refractivity contribution >= 4 is 73.7 Å². The average Bonchev–Trinajstić information content (AvgIpc) is 2.90. The molecule has 0 unspecified atom stereocenters. The summed E-state index contributed by atoms with van der Waals surface area (Å²) in [6.45, 7) is 4.52. The van der Waals surface area contributed by atoms with Crippen LogP contribution in [0.5, 0.6) is 11.5 Å². The lowest BCUT2D eigenvalue weighted by Gasteiger charge is -2.43. The third-order valence-corrected chi connectivity index (χ3v) is 8.08. The third-order valence-electron chi connectivity index (χ3n) is 7.36. The van der Waals surface area contributed by atoms with Gasteiger partial charge in [-0.2, -0.15) is 0 Å². The van der Waals surface area contributed by atoms with E-state index >= 15 is 0 Å². The summed E-state index contributed by atoms with van der Waals surface area (Å²) in [6, 6.07) is 8.46. The van der Waals surface area contributed by atoms with Crippen LogP contribution in [0.4, 0.5) is 0 Å². The lowest BCUT2D eigenvalue weighted by atomic mass is 9.86. The van der Waals surface area contributed by atoms with E-state index in [1.165, 1.54) is 14.0 Å². The van der Waals surface area contributed by atoms with Crippen LogP contribution in [0, 0.1) is 0 Å². The average molecular weight is 616 g/mol. The molecule has 1 aromatic heterocycles. The molecule has 1 aliphatic rings. The molecule has 5 rings (SSSR count). The van der Waals surface area contributed by atoms with Gasteiger partial charge in [0.15, 0.2) is 12.2 Å². The lowest BCUT2D eigenvalue weighted by Crippen LogP contribution is -2.52. The number of benzene rings is 3. The number of rotatable bonds is 6. The first-order valence-corrected chi connectivity index (χ1v) is 13.7. The van der Waals surface area contributed by atoms with Gasteiger partial charge >= 0.3 is 17.9 Å². The second-order valence-corrected chi connectivity index (χ2v) is 11.4. The standard InChI is InChI=1S/C30H27Cl2NO9/c1-13(34)40-28-25-21(42-30(2,3)29(28)41-23(37)7-6-22(35)36)12-20(39-5)24-26(25)33(4)19-11-15-10-18(32)17(31)9-14(15)8-16(19)27(24)38/h8-12,28-29H,6-7H2,1-5H3,(H,35,36)/t28-,29-/m1/s1. The van der Waals surface area contributed by atoms with Crippen LogP contribution in [-0.4, -0.2) is 46.4 Å². The highest BCUT2D eigenvalue weighted by molar-refractivity contribution is 6.42. The van der Waals surface area contributed by atoms with Gasteiger partial charge in [0.25, 0.3) is 0 Å². The van der Waals surface area contributed by atoms with E-state index in [0.717, 1.165) is 5.39 Å². The van der Waals surface area contributed by atoms with Gasteiger partial charge in [-0.25, -0.2) is 0 Å². The van der Waals surface area contributed by atoms with Crippen molar-refractivity contribution in [2.45, 2.75) is 51.4 Å². The van der Waals surface area contributed by atoms with Gasteiger partial charge in [0.05, 0.1) is 52.0 Å². The molecule has 0 radical (unpaired) electrons. The predicted octanol–water partition coefficient (Wildman–Crippen LogP) is 5.71. The van der Waals surface area contributed by atoms with E-state index in [2.05, 4.69) is 0 Å². The molecule has 0 fully saturated rings. The van der Waals surface area contributed by atoms with Crippen LogP contribution in [0.2, 0.25) is 10.0 Å². The molecule has 1 N–H and O–H groups in total. The highest BCUT2D eigenvalue weighted by atomic mass is 35.5. The number of esters is 2. The third kappa shape index (κ3) is 4.98. The maximum Gasteiger partial charge on any atom is 0.306 e. The molecular formula is C30H27Cl2NO9. The topological polar surface area (TPSA) is 130 Å². The number of nitrogens with zero attached hydrogens (tertiary/aromatic N) is 1. The SMILES string of the molecule is COc1cc2c(c3c1c(=O)c1cc4cc(Cl)c(Cl)cc4cc1n3C)[C@@H](OC(C)=O)[C@@H](OC(=O)CCC(=O)O)C(C)(C)O2. The normalized spacial score (nSPS) is 17.5. The number of methoxy groups -OCH3 is 1. The number of ether oxygens (including phenoxy) is 4. The maximum atomic E-state index is 14.1. The van der Waals surface area contributed by atoms with Crippen molar-refractivity contribution in [1.29, 1.82) is 0 Å². The number of halogens is 2. The summed E-state index contributed by atoms with van der Waals surface area (Å²) in [5.74, 6) is -2.14. The van der Waals surface area contributed by atoms with Crippen LogP contribution in [0.1, 0.15) is 45.3 Å². The second-order valence-electron chi connectivity index (χ2n) is 10.6. The fourth-order valence-corrected chi connectivity index (χ4v) is 5.84. The lowest BCUT2D eigenvalue weighted by molar-refractivity contribution is -0.189. The summed E-state index contributed by atoms with van der Waals surface area (Å²) < 4.78 is 25.2. The molecule has 220 valence electrons. The number of aromatic nitrogens is 1. The number of carboxylic acids is 1. The van der Waals surface area contributed by atoms with Crippen molar-refractivity contribution in [3.63, 3.8) is 0 Å². The van der Waals surface area contributed by atoms with Crippen molar-refractivity contribution in [1.82, 2.24) is 4.57 Å². The van der Waals surface area contributed by atoms with Gasteiger partial charge < -0.3 is 28.6 Å². The first-order chi connectivity index (χ1) is 19.7. The molecule has 0 saturated carbocycles. The second kappa shape index (κ2) is 10.7. The number of aliphatic carboxylic acids is 1. The highest BCUT2D eigenvalue weighted by Gasteiger charge is 2.50. The molecule has 2 heterocycles. The molecule has 1 aliphatic heterocycles. The molecule has 2 atom stereocenters. The van der Waals surface area contributed by atoms with E-state index in [-0.39, 0.29) is 22.3 Å². The van der Waals surface area contributed by atoms with Gasteiger partial charge in [-0.05, 0) is 48.9 Å². The van der Waals surface area contributed by atoms with Crippen LogP contribution >= 0.6 is 23.2 Å². The molecule has 0 aliphatic carbocycles. The van der Waals surface area contributed by atoms with E-state index < -0.39 is 48.6 Å². The minimum atomic E-state index is -1.23. The molecule has 42 heavy (non-hydrogen) atoms. The zero-order chi connectivity index (χ0) is 30.7. The zero-order valence-corrected chi connectivity index (χ0v) is 24.9. The Morgan fingerprint density at radius 1 is 1.02 bits per heavy atom. The van der Waals surface area contributed by atoms with E-state index in [9.17, 15) is 19.2 Å². The van der Waals surface area contributed by atoms with Crippen molar-refractivity contribution in [3.8, 4) is 11.5 Å². The summed E-state index contributed by atoms with van der Waals surface area (Å²) in [5.41, 5.74) is -0.406. The summed E-state index contributed by atoms with van der Waals surface area (Å²) in [7, 11) is 3.17. The Balaban J connectivity index is 1.84. The Morgan fingerprint density at radius 3 is 2.26 bits per heavy atom. The van der Waals surface area contributed by atoms with Crippen LogP contribution < -0.4 is 14.9 Å². The number of carbonyl (C=O) groups is 3. The molecule has 0 saturated heterocycles. The Bertz CT molecular complexity index is 1880. The fourth-order valence-electron chi connectivity index (χ4n) is 5.49. The van der Waals surface area contributed by atoms with Crippen LogP contribution in [0.25, 0.3) is 32.6 Å². The molecule has 12 heteroatoms.